The van der Waals surface area contributed by atoms with Gasteiger partial charge in [0.1, 0.15) is 6.54 Å². The molecule has 0 unspecified atom stereocenters. The fourth-order valence-electron chi connectivity index (χ4n) is 2.32. The highest BCUT2D eigenvalue weighted by Crippen LogP contribution is 2.23. The molecular weight excluding hydrogens is 368 g/mol. The Morgan fingerprint density at radius 2 is 1.52 bits per heavy atom. The summed E-state index contributed by atoms with van der Waals surface area (Å²) in [5.41, 5.74) is 0. The predicted molar refractivity (Wildman–Crippen MR) is 93.2 cm³/mol. The van der Waals surface area contributed by atoms with Crippen LogP contribution in [0.5, 0.6) is 0 Å². The molecule has 1 N–H and O–H groups in total. The molecule has 142 valence electrons. The number of carboxylic acid groups (broad SMARTS) is 1. The van der Waals surface area contributed by atoms with Gasteiger partial charge in [-0.25, -0.2) is 16.8 Å². The van der Waals surface area contributed by atoms with Crippen molar-refractivity contribution in [1.82, 2.24) is 8.61 Å². The molecule has 0 bridgehead atoms. The Labute approximate surface area is 149 Å². The van der Waals surface area contributed by atoms with E-state index in [0.717, 1.165) is 10.4 Å². The number of carboxylic acids is 1. The summed E-state index contributed by atoms with van der Waals surface area (Å²) in [5, 5.41) is 8.95. The molecule has 0 aliphatic carbocycles. The van der Waals surface area contributed by atoms with Crippen LogP contribution >= 0.6 is 0 Å². The fourth-order valence-corrected chi connectivity index (χ4v) is 5.53. The number of benzene rings is 1. The lowest BCUT2D eigenvalue weighted by atomic mass is 10.4. The third kappa shape index (κ3) is 4.78. The molecule has 0 heterocycles. The Morgan fingerprint density at radius 3 is 1.92 bits per heavy atom. The Morgan fingerprint density at radius 1 is 1.04 bits per heavy atom. The first kappa shape index (κ1) is 21.6. The van der Waals surface area contributed by atoms with E-state index in [2.05, 4.69) is 0 Å². The molecular formula is C15H24N2O6S2. The molecule has 0 radical (unpaired) electrons. The Hall–Kier alpha value is -1.49. The van der Waals surface area contributed by atoms with Crippen LogP contribution in [-0.2, 0) is 24.8 Å². The molecule has 1 rings (SSSR count). The van der Waals surface area contributed by atoms with Gasteiger partial charge in [-0.3, -0.25) is 4.79 Å². The molecule has 0 aliphatic rings. The maximum absolute atomic E-state index is 12.8. The summed E-state index contributed by atoms with van der Waals surface area (Å²) in [7, 11) is -7.97. The molecule has 10 heteroatoms. The van der Waals surface area contributed by atoms with Gasteiger partial charge in [-0.15, -0.1) is 0 Å². The van der Waals surface area contributed by atoms with Crippen molar-refractivity contribution in [3.8, 4) is 0 Å². The third-order valence-corrected chi connectivity index (χ3v) is 7.69. The minimum Gasteiger partial charge on any atom is -0.480 e. The zero-order valence-corrected chi connectivity index (χ0v) is 16.3. The van der Waals surface area contributed by atoms with E-state index in [0.29, 0.717) is 0 Å². The summed E-state index contributed by atoms with van der Waals surface area (Å²) in [6, 6.07) is 4.39. The Kier molecular flexibility index (Phi) is 7.12. The van der Waals surface area contributed by atoms with Crippen LogP contribution in [-0.4, -0.2) is 62.2 Å². The van der Waals surface area contributed by atoms with Crippen LogP contribution in [0.3, 0.4) is 0 Å². The number of carbonyl (C=O) groups is 1. The molecule has 0 aromatic heterocycles. The molecule has 8 nitrogen and oxygen atoms in total. The smallest absolute Gasteiger partial charge is 0.318 e. The number of aliphatic carboxylic acids is 1. The van der Waals surface area contributed by atoms with Gasteiger partial charge < -0.3 is 5.11 Å². The highest BCUT2D eigenvalue weighted by molar-refractivity contribution is 7.90. The maximum Gasteiger partial charge on any atom is 0.318 e. The van der Waals surface area contributed by atoms with Gasteiger partial charge in [-0.1, -0.05) is 19.9 Å². The molecule has 0 saturated heterocycles. The van der Waals surface area contributed by atoms with Crippen LogP contribution in [0.25, 0.3) is 0 Å². The standard InChI is InChI=1S/C15H24N2O6S2/c1-5-16(6-2)24(20,21)13-8-7-9-14(10-13)25(22,23)17(12(3)4)11-15(18)19/h7-10,12H,5-6,11H2,1-4H3,(H,18,19). The quantitative estimate of drug-likeness (QED) is 0.676. The van der Waals surface area contributed by atoms with Crippen LogP contribution in [0.2, 0.25) is 0 Å². The van der Waals surface area contributed by atoms with Gasteiger partial charge in [-0.05, 0) is 32.0 Å². The van der Waals surface area contributed by atoms with Gasteiger partial charge in [0.15, 0.2) is 0 Å². The second kappa shape index (κ2) is 8.26. The lowest BCUT2D eigenvalue weighted by Gasteiger charge is -2.24. The minimum absolute atomic E-state index is 0.142. The van der Waals surface area contributed by atoms with Crippen molar-refractivity contribution >= 4 is 26.0 Å². The number of rotatable bonds is 9. The maximum atomic E-state index is 12.8. The first-order valence-electron chi connectivity index (χ1n) is 7.82. The molecule has 0 fully saturated rings. The molecule has 0 saturated carbocycles. The van der Waals surface area contributed by atoms with Crippen molar-refractivity contribution in [1.29, 1.82) is 0 Å². The Balaban J connectivity index is 3.43. The van der Waals surface area contributed by atoms with Crippen LogP contribution in [0.15, 0.2) is 34.1 Å². The van der Waals surface area contributed by atoms with E-state index in [-0.39, 0.29) is 22.9 Å². The molecule has 0 atom stereocenters. The topological polar surface area (TPSA) is 112 Å². The van der Waals surface area contributed by atoms with E-state index in [1.54, 1.807) is 27.7 Å². The van der Waals surface area contributed by atoms with Crippen molar-refractivity contribution in [3.63, 3.8) is 0 Å². The molecule has 0 spiro atoms. The van der Waals surface area contributed by atoms with E-state index in [1.165, 1.54) is 22.5 Å². The van der Waals surface area contributed by atoms with E-state index < -0.39 is 38.6 Å². The number of nitrogens with zero attached hydrogens (tertiary/aromatic N) is 2. The highest BCUT2D eigenvalue weighted by Gasteiger charge is 2.30. The second-order valence-electron chi connectivity index (χ2n) is 5.60. The van der Waals surface area contributed by atoms with Gasteiger partial charge in [0, 0.05) is 19.1 Å². The minimum atomic E-state index is -4.15. The first-order valence-corrected chi connectivity index (χ1v) is 10.7. The first-order chi connectivity index (χ1) is 11.5. The summed E-state index contributed by atoms with van der Waals surface area (Å²) >= 11 is 0. The second-order valence-corrected chi connectivity index (χ2v) is 9.43. The molecule has 0 amide bonds. The zero-order valence-electron chi connectivity index (χ0n) is 14.7. The van der Waals surface area contributed by atoms with Gasteiger partial charge in [0.05, 0.1) is 9.79 Å². The number of hydrogen-bond acceptors (Lipinski definition) is 5. The highest BCUT2D eigenvalue weighted by atomic mass is 32.2. The zero-order chi connectivity index (χ0) is 19.4. The largest absolute Gasteiger partial charge is 0.480 e. The summed E-state index contributed by atoms with van der Waals surface area (Å²) in [6.45, 7) is 6.30. The summed E-state index contributed by atoms with van der Waals surface area (Å²) in [6.07, 6.45) is 0. The van der Waals surface area contributed by atoms with Crippen LogP contribution in [0.4, 0.5) is 0 Å². The molecule has 1 aromatic rings. The van der Waals surface area contributed by atoms with Gasteiger partial charge in [0.2, 0.25) is 20.0 Å². The van der Waals surface area contributed by atoms with Crippen LogP contribution in [0.1, 0.15) is 27.7 Å². The average molecular weight is 392 g/mol. The number of sulfonamides is 2. The van der Waals surface area contributed by atoms with Crippen molar-refractivity contribution in [2.75, 3.05) is 19.6 Å². The van der Waals surface area contributed by atoms with Crippen LogP contribution in [0, 0.1) is 0 Å². The van der Waals surface area contributed by atoms with E-state index in [1.807, 2.05) is 0 Å². The van der Waals surface area contributed by atoms with Gasteiger partial charge in [-0.2, -0.15) is 8.61 Å². The third-order valence-electron chi connectivity index (χ3n) is 3.62. The predicted octanol–water partition coefficient (Wildman–Crippen LogP) is 1.20. The van der Waals surface area contributed by atoms with Gasteiger partial charge >= 0.3 is 5.97 Å². The average Bonchev–Trinajstić information content (AvgIpc) is 2.53. The number of hydrogen-bond donors (Lipinski definition) is 1. The lowest BCUT2D eigenvalue weighted by Crippen LogP contribution is -2.40. The molecule has 0 aliphatic heterocycles. The molecule has 1 aromatic carbocycles. The monoisotopic (exact) mass is 392 g/mol. The van der Waals surface area contributed by atoms with Crippen molar-refractivity contribution in [2.24, 2.45) is 0 Å². The van der Waals surface area contributed by atoms with E-state index in [9.17, 15) is 21.6 Å². The summed E-state index contributed by atoms with van der Waals surface area (Å²) in [5.74, 6) is -1.29. The Bertz CT molecular complexity index is 814. The van der Waals surface area contributed by atoms with Crippen molar-refractivity contribution in [2.45, 2.75) is 43.5 Å². The van der Waals surface area contributed by atoms with E-state index in [4.69, 9.17) is 5.11 Å². The molecule has 25 heavy (non-hydrogen) atoms. The summed E-state index contributed by atoms with van der Waals surface area (Å²) in [4.78, 5) is 10.6. The van der Waals surface area contributed by atoms with Crippen LogP contribution < -0.4 is 0 Å². The van der Waals surface area contributed by atoms with Gasteiger partial charge in [0.25, 0.3) is 0 Å². The lowest BCUT2D eigenvalue weighted by molar-refractivity contribution is -0.137. The normalized spacial score (nSPS) is 12.9. The SMILES string of the molecule is CCN(CC)S(=O)(=O)c1cccc(S(=O)(=O)N(CC(=O)O)C(C)C)c1. The fraction of sp³-hybridized carbons (Fsp3) is 0.533. The summed E-state index contributed by atoms with van der Waals surface area (Å²) < 4.78 is 52.7. The van der Waals surface area contributed by atoms with Crippen molar-refractivity contribution in [3.05, 3.63) is 24.3 Å². The van der Waals surface area contributed by atoms with Crippen molar-refractivity contribution < 1.29 is 26.7 Å². The van der Waals surface area contributed by atoms with E-state index >= 15 is 0 Å².